The molecule has 2 aromatic carbocycles. The van der Waals surface area contributed by atoms with Crippen LogP contribution in [0.25, 0.3) is 0 Å². The third-order valence-corrected chi connectivity index (χ3v) is 4.10. The van der Waals surface area contributed by atoms with Crippen LogP contribution in [0.3, 0.4) is 0 Å². The molecule has 0 fully saturated rings. The normalized spacial score (nSPS) is 12.7. The zero-order valence-corrected chi connectivity index (χ0v) is 15.4. The topological polar surface area (TPSA) is 84.9 Å². The Kier molecular flexibility index (Phi) is 7.31. The van der Waals surface area contributed by atoms with Crippen LogP contribution in [0.15, 0.2) is 42.5 Å². The van der Waals surface area contributed by atoms with E-state index in [1.54, 1.807) is 24.3 Å². The second-order valence-electron chi connectivity index (χ2n) is 6.13. The molecule has 0 aliphatic rings. The number of benzene rings is 2. The quantitative estimate of drug-likeness (QED) is 0.684. The number of hydrogen-bond donors (Lipinski definition) is 2. The molecule has 1 amide bonds. The number of nitrogens with one attached hydrogen (secondary N) is 1. The molecule has 2 N–H and O–H groups in total. The van der Waals surface area contributed by atoms with Gasteiger partial charge < -0.3 is 19.9 Å². The highest BCUT2D eigenvalue weighted by atomic mass is 19.2. The molecule has 0 saturated heterocycles. The number of hydrogen-bond acceptors (Lipinski definition) is 4. The first-order chi connectivity index (χ1) is 13.3. The van der Waals surface area contributed by atoms with Crippen molar-refractivity contribution in [1.82, 2.24) is 5.32 Å². The van der Waals surface area contributed by atoms with Crippen molar-refractivity contribution in [3.8, 4) is 11.5 Å². The average Bonchev–Trinajstić information content (AvgIpc) is 2.67. The smallest absolute Gasteiger partial charge is 0.308 e. The van der Waals surface area contributed by atoms with Crippen molar-refractivity contribution in [2.45, 2.75) is 19.4 Å². The molecule has 2 rings (SSSR count). The van der Waals surface area contributed by atoms with Gasteiger partial charge in [-0.3, -0.25) is 9.59 Å². The molecule has 2 aromatic rings. The highest BCUT2D eigenvalue weighted by molar-refractivity contribution is 5.81. The minimum Gasteiger partial charge on any atom is -0.496 e. The van der Waals surface area contributed by atoms with E-state index >= 15 is 0 Å². The largest absolute Gasteiger partial charge is 0.496 e. The fourth-order valence-electron chi connectivity index (χ4n) is 2.56. The Hall–Kier alpha value is -3.16. The summed E-state index contributed by atoms with van der Waals surface area (Å²) in [6.07, 6.45) is -0.858. The molecule has 0 aliphatic heterocycles. The van der Waals surface area contributed by atoms with Gasteiger partial charge in [0.25, 0.3) is 5.91 Å². The van der Waals surface area contributed by atoms with Gasteiger partial charge in [-0.1, -0.05) is 18.2 Å². The first kappa shape index (κ1) is 21.1. The Morgan fingerprint density at radius 2 is 1.86 bits per heavy atom. The monoisotopic (exact) mass is 393 g/mol. The molecule has 0 heterocycles. The molecular formula is C20H21F2NO5. The number of methoxy groups -OCH3 is 1. The molecule has 2 unspecified atom stereocenters. The van der Waals surface area contributed by atoms with Crippen molar-refractivity contribution in [2.24, 2.45) is 5.92 Å². The summed E-state index contributed by atoms with van der Waals surface area (Å²) in [6.45, 7) is 1.30. The number of rotatable bonds is 9. The Morgan fingerprint density at radius 3 is 2.50 bits per heavy atom. The van der Waals surface area contributed by atoms with Crippen molar-refractivity contribution in [3.05, 3.63) is 59.7 Å². The summed E-state index contributed by atoms with van der Waals surface area (Å²) >= 11 is 0. The zero-order chi connectivity index (χ0) is 20.7. The summed E-state index contributed by atoms with van der Waals surface area (Å²) in [5, 5.41) is 12.0. The van der Waals surface area contributed by atoms with Gasteiger partial charge in [0.05, 0.1) is 13.0 Å². The molecule has 150 valence electrons. The molecule has 0 aromatic heterocycles. The molecule has 0 aliphatic carbocycles. The van der Waals surface area contributed by atoms with Gasteiger partial charge >= 0.3 is 5.97 Å². The van der Waals surface area contributed by atoms with Crippen molar-refractivity contribution in [3.63, 3.8) is 0 Å². The Labute approximate surface area is 161 Å². The van der Waals surface area contributed by atoms with Crippen LogP contribution in [-0.4, -0.2) is 36.7 Å². The molecule has 0 radical (unpaired) electrons. The van der Waals surface area contributed by atoms with Crippen LogP contribution in [0, 0.1) is 17.6 Å². The number of aliphatic carboxylic acids is 1. The first-order valence-corrected chi connectivity index (χ1v) is 8.56. The van der Waals surface area contributed by atoms with Gasteiger partial charge in [0, 0.05) is 12.6 Å². The van der Waals surface area contributed by atoms with Crippen LogP contribution < -0.4 is 14.8 Å². The van der Waals surface area contributed by atoms with Gasteiger partial charge in [0.15, 0.2) is 17.7 Å². The van der Waals surface area contributed by atoms with Crippen molar-refractivity contribution in [2.75, 3.05) is 13.7 Å². The van der Waals surface area contributed by atoms with Crippen molar-refractivity contribution in [1.29, 1.82) is 0 Å². The lowest BCUT2D eigenvalue weighted by molar-refractivity contribution is -0.141. The van der Waals surface area contributed by atoms with E-state index in [2.05, 4.69) is 5.32 Å². The Balaban J connectivity index is 1.95. The second kappa shape index (κ2) is 9.68. The Bertz CT molecular complexity index is 843. The molecule has 0 saturated carbocycles. The van der Waals surface area contributed by atoms with Crippen LogP contribution in [0.5, 0.6) is 11.5 Å². The predicted molar refractivity (Wildman–Crippen MR) is 97.3 cm³/mol. The molecule has 0 spiro atoms. The molecule has 2 atom stereocenters. The molecular weight excluding hydrogens is 372 g/mol. The molecule has 6 nitrogen and oxygen atoms in total. The number of halogens is 2. The maximum atomic E-state index is 13.2. The second-order valence-corrected chi connectivity index (χ2v) is 6.13. The van der Waals surface area contributed by atoms with E-state index in [0.717, 1.165) is 12.1 Å². The fraction of sp³-hybridized carbons (Fsp3) is 0.300. The van der Waals surface area contributed by atoms with E-state index < -0.39 is 35.5 Å². The zero-order valence-electron chi connectivity index (χ0n) is 15.4. The summed E-state index contributed by atoms with van der Waals surface area (Å²) < 4.78 is 36.6. The first-order valence-electron chi connectivity index (χ1n) is 8.56. The van der Waals surface area contributed by atoms with E-state index in [4.69, 9.17) is 9.47 Å². The standard InChI is InChI=1S/C20H21F2NO5/c1-12(28-15-7-8-16(21)17(22)10-15)19(24)23-11-14(20(25)26)9-13-5-3-4-6-18(13)27-2/h3-8,10,12,14H,9,11H2,1-2H3,(H,23,24)(H,25,26). The summed E-state index contributed by atoms with van der Waals surface area (Å²) in [4.78, 5) is 23.7. The minimum atomic E-state index is -1.09. The van der Waals surface area contributed by atoms with Crippen LogP contribution in [-0.2, 0) is 16.0 Å². The summed E-state index contributed by atoms with van der Waals surface area (Å²) in [7, 11) is 1.49. The van der Waals surface area contributed by atoms with Gasteiger partial charge in [-0.25, -0.2) is 8.78 Å². The minimum absolute atomic E-state index is 0.00893. The van der Waals surface area contributed by atoms with Gasteiger partial charge in [0.1, 0.15) is 11.5 Å². The molecule has 8 heteroatoms. The number of amides is 1. The fourth-order valence-corrected chi connectivity index (χ4v) is 2.56. The van der Waals surface area contributed by atoms with E-state index in [1.807, 2.05) is 0 Å². The summed E-state index contributed by atoms with van der Waals surface area (Å²) in [5.41, 5.74) is 0.706. The predicted octanol–water partition coefficient (Wildman–Crippen LogP) is 2.80. The van der Waals surface area contributed by atoms with Gasteiger partial charge in [-0.2, -0.15) is 0 Å². The number of carbonyl (C=O) groups is 2. The van der Waals surface area contributed by atoms with E-state index in [9.17, 15) is 23.5 Å². The summed E-state index contributed by atoms with van der Waals surface area (Å²) in [5.74, 6) is -4.08. The Morgan fingerprint density at radius 1 is 1.14 bits per heavy atom. The number of ether oxygens (including phenoxy) is 2. The third-order valence-electron chi connectivity index (χ3n) is 4.10. The van der Waals surface area contributed by atoms with E-state index in [-0.39, 0.29) is 18.7 Å². The lowest BCUT2D eigenvalue weighted by Gasteiger charge is -2.18. The van der Waals surface area contributed by atoms with Crippen molar-refractivity contribution >= 4 is 11.9 Å². The number of carboxylic acid groups (broad SMARTS) is 1. The van der Waals surface area contributed by atoms with Gasteiger partial charge in [0.2, 0.25) is 0 Å². The SMILES string of the molecule is COc1ccccc1CC(CNC(=O)C(C)Oc1ccc(F)c(F)c1)C(=O)O. The van der Waals surface area contributed by atoms with Crippen LogP contribution in [0.1, 0.15) is 12.5 Å². The van der Waals surface area contributed by atoms with Crippen LogP contribution in [0.2, 0.25) is 0 Å². The molecule has 0 bridgehead atoms. The van der Waals surface area contributed by atoms with E-state index in [0.29, 0.717) is 11.3 Å². The highest BCUT2D eigenvalue weighted by Gasteiger charge is 2.23. The summed E-state index contributed by atoms with van der Waals surface area (Å²) in [6, 6.07) is 9.95. The maximum Gasteiger partial charge on any atom is 0.308 e. The van der Waals surface area contributed by atoms with Crippen LogP contribution in [0.4, 0.5) is 8.78 Å². The van der Waals surface area contributed by atoms with Gasteiger partial charge in [-0.15, -0.1) is 0 Å². The number of para-hydroxylation sites is 1. The number of carboxylic acids is 1. The third kappa shape index (κ3) is 5.67. The van der Waals surface area contributed by atoms with E-state index in [1.165, 1.54) is 20.1 Å². The van der Waals surface area contributed by atoms with Crippen LogP contribution >= 0.6 is 0 Å². The maximum absolute atomic E-state index is 13.2. The highest BCUT2D eigenvalue weighted by Crippen LogP contribution is 2.21. The lowest BCUT2D eigenvalue weighted by atomic mass is 9.98. The number of carbonyl (C=O) groups excluding carboxylic acids is 1. The lowest BCUT2D eigenvalue weighted by Crippen LogP contribution is -2.41. The van der Waals surface area contributed by atoms with Crippen molar-refractivity contribution < 1.29 is 33.0 Å². The van der Waals surface area contributed by atoms with Gasteiger partial charge in [-0.05, 0) is 37.1 Å². The average molecular weight is 393 g/mol. The molecule has 28 heavy (non-hydrogen) atoms.